The van der Waals surface area contributed by atoms with Crippen molar-refractivity contribution < 1.29 is 0 Å². The van der Waals surface area contributed by atoms with E-state index >= 15 is 0 Å². The Morgan fingerprint density at radius 2 is 2.29 bits per heavy atom. The highest BCUT2D eigenvalue weighted by Gasteiger charge is 1.98. The summed E-state index contributed by atoms with van der Waals surface area (Å²) in [6.45, 7) is 2.42. The molecule has 0 aliphatic carbocycles. The van der Waals surface area contributed by atoms with Crippen LogP contribution in [0.3, 0.4) is 0 Å². The number of nitrogens with one attached hydrogen (secondary N) is 1. The highest BCUT2D eigenvalue weighted by molar-refractivity contribution is 5.41. The van der Waals surface area contributed by atoms with Crippen molar-refractivity contribution in [3.63, 3.8) is 0 Å². The molecule has 0 atom stereocenters. The van der Waals surface area contributed by atoms with Gasteiger partial charge in [0.25, 0.3) is 0 Å². The van der Waals surface area contributed by atoms with Crippen LogP contribution in [0.5, 0.6) is 0 Å². The van der Waals surface area contributed by atoms with Crippen molar-refractivity contribution in [2.24, 2.45) is 0 Å². The summed E-state index contributed by atoms with van der Waals surface area (Å²) in [7, 11) is 3.82. The molecule has 0 aliphatic heterocycles. The summed E-state index contributed by atoms with van der Waals surface area (Å²) in [4.78, 5) is 10.2. The van der Waals surface area contributed by atoms with Crippen molar-refractivity contribution in [2.75, 3.05) is 30.9 Å². The molecule has 4 nitrogen and oxygen atoms in total. The van der Waals surface area contributed by atoms with E-state index in [1.165, 1.54) is 0 Å². The molecule has 4 heteroatoms. The van der Waals surface area contributed by atoms with Crippen LogP contribution in [0.25, 0.3) is 0 Å². The van der Waals surface area contributed by atoms with E-state index in [1.807, 2.05) is 32.0 Å². The lowest BCUT2D eigenvalue weighted by Gasteiger charge is -2.10. The van der Waals surface area contributed by atoms with Crippen LogP contribution < -0.4 is 10.2 Å². The molecule has 0 unspecified atom stereocenters. The molecule has 74 valence electrons. The Bertz CT molecular complexity index is 349. The van der Waals surface area contributed by atoms with E-state index in [2.05, 4.69) is 27.1 Å². The van der Waals surface area contributed by atoms with Crippen LogP contribution in [0.2, 0.25) is 0 Å². The van der Waals surface area contributed by atoms with Gasteiger partial charge in [0, 0.05) is 20.3 Å². The Balaban J connectivity index is 2.67. The van der Waals surface area contributed by atoms with Crippen molar-refractivity contribution in [3.05, 3.63) is 12.3 Å². The number of nitrogens with zero attached hydrogens (tertiary/aromatic N) is 3. The van der Waals surface area contributed by atoms with Crippen molar-refractivity contribution in [1.82, 2.24) is 9.97 Å². The maximum Gasteiger partial charge on any atom is 0.226 e. The molecule has 0 aliphatic rings. The maximum atomic E-state index is 4.28. The molecule has 14 heavy (non-hydrogen) atoms. The Morgan fingerprint density at radius 3 is 2.93 bits per heavy atom. The van der Waals surface area contributed by atoms with Gasteiger partial charge in [0.05, 0.1) is 6.54 Å². The van der Waals surface area contributed by atoms with E-state index in [1.54, 1.807) is 6.20 Å². The molecule has 1 rings (SSSR count). The minimum Gasteiger partial charge on any atom is -0.359 e. The average molecular weight is 190 g/mol. The first-order valence-corrected chi connectivity index (χ1v) is 4.38. The van der Waals surface area contributed by atoms with Crippen LogP contribution in [0.15, 0.2) is 12.3 Å². The molecule has 0 bridgehead atoms. The zero-order valence-corrected chi connectivity index (χ0v) is 8.70. The molecule has 0 saturated heterocycles. The Kier molecular flexibility index (Phi) is 3.74. The molecule has 0 amide bonds. The summed E-state index contributed by atoms with van der Waals surface area (Å²) >= 11 is 0. The summed E-state index contributed by atoms with van der Waals surface area (Å²) in [5.74, 6) is 7.21. The molecule has 1 aromatic heterocycles. The molecule has 0 fully saturated rings. The van der Waals surface area contributed by atoms with Crippen LogP contribution in [-0.4, -0.2) is 30.6 Å². The van der Waals surface area contributed by atoms with Gasteiger partial charge in [0.2, 0.25) is 5.95 Å². The molecule has 0 spiro atoms. The smallest absolute Gasteiger partial charge is 0.226 e. The van der Waals surface area contributed by atoms with Gasteiger partial charge in [0.1, 0.15) is 5.82 Å². The van der Waals surface area contributed by atoms with Crippen LogP contribution in [-0.2, 0) is 0 Å². The standard InChI is InChI=1S/C10H14N4/c1-4-5-7-11-9-6-8-12-10(13-9)14(2)3/h6,8H,7H2,1-3H3,(H,11,12,13). The highest BCUT2D eigenvalue weighted by atomic mass is 15.2. The molecule has 0 aromatic carbocycles. The first kappa shape index (κ1) is 10.3. The molecular weight excluding hydrogens is 176 g/mol. The Labute approximate surface area is 84.4 Å². The van der Waals surface area contributed by atoms with E-state index in [0.29, 0.717) is 12.5 Å². The Morgan fingerprint density at radius 1 is 1.50 bits per heavy atom. The second-order valence-electron chi connectivity index (χ2n) is 2.92. The van der Waals surface area contributed by atoms with Crippen LogP contribution >= 0.6 is 0 Å². The van der Waals surface area contributed by atoms with E-state index in [0.717, 1.165) is 5.82 Å². The van der Waals surface area contributed by atoms with Crippen LogP contribution in [0.1, 0.15) is 6.92 Å². The van der Waals surface area contributed by atoms with Gasteiger partial charge < -0.3 is 10.2 Å². The van der Waals surface area contributed by atoms with Gasteiger partial charge in [-0.05, 0) is 13.0 Å². The predicted octanol–water partition coefficient (Wildman–Crippen LogP) is 0.978. The number of hydrogen-bond acceptors (Lipinski definition) is 4. The predicted molar refractivity (Wildman–Crippen MR) is 58.3 cm³/mol. The highest BCUT2D eigenvalue weighted by Crippen LogP contribution is 2.06. The largest absolute Gasteiger partial charge is 0.359 e. The molecule has 0 radical (unpaired) electrons. The lowest BCUT2D eigenvalue weighted by atomic mass is 10.5. The second kappa shape index (κ2) is 5.07. The number of anilines is 2. The van der Waals surface area contributed by atoms with E-state index in [9.17, 15) is 0 Å². The summed E-state index contributed by atoms with van der Waals surface area (Å²) in [5, 5.41) is 3.09. The van der Waals surface area contributed by atoms with Crippen LogP contribution in [0, 0.1) is 11.8 Å². The lowest BCUT2D eigenvalue weighted by molar-refractivity contribution is 0.997. The normalized spacial score (nSPS) is 8.79. The van der Waals surface area contributed by atoms with Crippen molar-refractivity contribution in [3.8, 4) is 11.8 Å². The van der Waals surface area contributed by atoms with Gasteiger partial charge in [-0.1, -0.05) is 5.92 Å². The third-order valence-electron chi connectivity index (χ3n) is 1.58. The Hall–Kier alpha value is -1.76. The summed E-state index contributed by atoms with van der Waals surface area (Å²) in [5.41, 5.74) is 0. The van der Waals surface area contributed by atoms with Gasteiger partial charge in [-0.2, -0.15) is 4.98 Å². The zero-order chi connectivity index (χ0) is 10.4. The van der Waals surface area contributed by atoms with Crippen LogP contribution in [0.4, 0.5) is 11.8 Å². The van der Waals surface area contributed by atoms with E-state index < -0.39 is 0 Å². The van der Waals surface area contributed by atoms with Gasteiger partial charge in [0.15, 0.2) is 0 Å². The fourth-order valence-corrected chi connectivity index (χ4v) is 0.885. The first-order chi connectivity index (χ1) is 6.74. The van der Waals surface area contributed by atoms with E-state index in [4.69, 9.17) is 0 Å². The molecule has 0 saturated carbocycles. The van der Waals surface area contributed by atoms with Gasteiger partial charge in [-0.3, -0.25) is 0 Å². The fourth-order valence-electron chi connectivity index (χ4n) is 0.885. The monoisotopic (exact) mass is 190 g/mol. The number of hydrogen-bond donors (Lipinski definition) is 1. The van der Waals surface area contributed by atoms with Crippen molar-refractivity contribution in [2.45, 2.75) is 6.92 Å². The maximum absolute atomic E-state index is 4.28. The van der Waals surface area contributed by atoms with Gasteiger partial charge in [-0.25, -0.2) is 4.98 Å². The summed E-state index contributed by atoms with van der Waals surface area (Å²) < 4.78 is 0. The molecular formula is C10H14N4. The minimum absolute atomic E-state index is 0.611. The third-order valence-corrected chi connectivity index (χ3v) is 1.58. The summed E-state index contributed by atoms with van der Waals surface area (Å²) in [6, 6.07) is 1.82. The number of rotatable bonds is 3. The molecule has 1 heterocycles. The third kappa shape index (κ3) is 2.94. The fraction of sp³-hybridized carbons (Fsp3) is 0.400. The summed E-state index contributed by atoms with van der Waals surface area (Å²) in [6.07, 6.45) is 1.73. The second-order valence-corrected chi connectivity index (χ2v) is 2.92. The van der Waals surface area contributed by atoms with Crippen molar-refractivity contribution >= 4 is 11.8 Å². The van der Waals surface area contributed by atoms with Crippen molar-refractivity contribution in [1.29, 1.82) is 0 Å². The van der Waals surface area contributed by atoms with E-state index in [-0.39, 0.29) is 0 Å². The molecule has 1 N–H and O–H groups in total. The van der Waals surface area contributed by atoms with Gasteiger partial charge in [-0.15, -0.1) is 5.92 Å². The quantitative estimate of drug-likeness (QED) is 0.721. The average Bonchev–Trinajstić information content (AvgIpc) is 2.19. The first-order valence-electron chi connectivity index (χ1n) is 4.38. The SMILES string of the molecule is CC#CCNc1ccnc(N(C)C)n1. The van der Waals surface area contributed by atoms with Gasteiger partial charge >= 0.3 is 0 Å². The lowest BCUT2D eigenvalue weighted by Crippen LogP contribution is -2.13. The number of aromatic nitrogens is 2. The molecule has 1 aromatic rings. The zero-order valence-electron chi connectivity index (χ0n) is 8.70. The minimum atomic E-state index is 0.611. The topological polar surface area (TPSA) is 41.1 Å².